The van der Waals surface area contributed by atoms with Crippen LogP contribution in [0.1, 0.15) is 41.5 Å². The number of carbonyl (C=O) groups excluding carboxylic acids is 1. The van der Waals surface area contributed by atoms with E-state index in [4.69, 9.17) is 4.52 Å². The van der Waals surface area contributed by atoms with Crippen molar-refractivity contribution in [2.45, 2.75) is 39.3 Å². The molecule has 6 heteroatoms. The molecule has 1 aromatic heterocycles. The molecule has 0 bridgehead atoms. The van der Waals surface area contributed by atoms with E-state index in [1.165, 1.54) is 0 Å². The minimum absolute atomic E-state index is 0.0404. The number of benzene rings is 1. The van der Waals surface area contributed by atoms with E-state index in [1.54, 1.807) is 11.8 Å². The number of rotatable bonds is 4. The van der Waals surface area contributed by atoms with E-state index in [0.717, 1.165) is 16.8 Å². The van der Waals surface area contributed by atoms with Crippen molar-refractivity contribution in [2.75, 3.05) is 0 Å². The predicted octanol–water partition coefficient (Wildman–Crippen LogP) is 2.86. The summed E-state index contributed by atoms with van der Waals surface area (Å²) in [5, 5.41) is 13.6. The Kier molecular flexibility index (Phi) is 4.38. The van der Waals surface area contributed by atoms with E-state index in [-0.39, 0.29) is 12.3 Å². The number of hydrogen-bond donors (Lipinski definition) is 1. The Bertz CT molecular complexity index is 734. The number of carboxylic acids is 1. The molecule has 0 radical (unpaired) electrons. The fourth-order valence-corrected chi connectivity index (χ4v) is 3.36. The minimum Gasteiger partial charge on any atom is -0.481 e. The summed E-state index contributed by atoms with van der Waals surface area (Å²) >= 11 is 0. The highest BCUT2D eigenvalue weighted by molar-refractivity contribution is 5.81. The van der Waals surface area contributed by atoms with Crippen molar-refractivity contribution in [3.05, 3.63) is 52.9 Å². The molecule has 1 aromatic carbocycles. The van der Waals surface area contributed by atoms with Crippen LogP contribution in [0.5, 0.6) is 0 Å². The minimum atomic E-state index is -0.875. The second-order valence-electron chi connectivity index (χ2n) is 6.16. The molecule has 1 aliphatic rings. The van der Waals surface area contributed by atoms with Crippen LogP contribution in [0.15, 0.2) is 34.9 Å². The molecule has 6 nitrogen and oxygen atoms in total. The highest BCUT2D eigenvalue weighted by atomic mass is 16.5. The monoisotopic (exact) mass is 328 g/mol. The molecule has 2 heterocycles. The molecule has 0 saturated carbocycles. The zero-order valence-corrected chi connectivity index (χ0v) is 13.7. The summed E-state index contributed by atoms with van der Waals surface area (Å²) in [5.41, 5.74) is 2.41. The van der Waals surface area contributed by atoms with Gasteiger partial charge in [0, 0.05) is 12.0 Å². The SMILES string of the molecule is Cc1noc(C)c1CN1C(=O)CC[C@H](C(=O)O)[C@@H]1c1ccccc1. The topological polar surface area (TPSA) is 83.6 Å². The third-order valence-electron chi connectivity index (χ3n) is 4.67. The Balaban J connectivity index is 2.01. The van der Waals surface area contributed by atoms with E-state index in [0.29, 0.717) is 18.7 Å². The van der Waals surface area contributed by atoms with Crippen LogP contribution in [0, 0.1) is 19.8 Å². The summed E-state index contributed by atoms with van der Waals surface area (Å²) in [4.78, 5) is 26.0. The van der Waals surface area contributed by atoms with Crippen LogP contribution in [0.2, 0.25) is 0 Å². The molecule has 2 atom stereocenters. The molecule has 24 heavy (non-hydrogen) atoms. The predicted molar refractivity (Wildman–Crippen MR) is 86.1 cm³/mol. The standard InChI is InChI=1S/C18H20N2O4/c1-11-15(12(2)24-19-11)10-20-16(21)9-8-14(18(22)23)17(20)13-6-4-3-5-7-13/h3-7,14,17H,8-10H2,1-2H3,(H,22,23)/t14-,17-/m0/s1. The lowest BCUT2D eigenvalue weighted by Crippen LogP contribution is -2.45. The number of carbonyl (C=O) groups is 2. The number of piperidine rings is 1. The number of hydrogen-bond acceptors (Lipinski definition) is 4. The number of aryl methyl sites for hydroxylation is 2. The van der Waals surface area contributed by atoms with Gasteiger partial charge in [-0.3, -0.25) is 9.59 Å². The van der Waals surface area contributed by atoms with Gasteiger partial charge in [-0.2, -0.15) is 0 Å². The first-order valence-corrected chi connectivity index (χ1v) is 7.98. The fraction of sp³-hybridized carbons (Fsp3) is 0.389. The molecule has 1 N–H and O–H groups in total. The van der Waals surface area contributed by atoms with Crippen LogP contribution in [-0.4, -0.2) is 27.0 Å². The number of aliphatic carboxylic acids is 1. The summed E-state index contributed by atoms with van der Waals surface area (Å²) in [6.07, 6.45) is 0.593. The first-order valence-electron chi connectivity index (χ1n) is 7.98. The molecule has 1 aliphatic heterocycles. The Morgan fingerprint density at radius 1 is 1.33 bits per heavy atom. The van der Waals surface area contributed by atoms with Crippen LogP contribution < -0.4 is 0 Å². The van der Waals surface area contributed by atoms with E-state index in [9.17, 15) is 14.7 Å². The molecular weight excluding hydrogens is 308 g/mol. The summed E-state index contributed by atoms with van der Waals surface area (Å²) in [6, 6.07) is 8.86. The molecule has 1 fully saturated rings. The third kappa shape index (κ3) is 2.91. The lowest BCUT2D eigenvalue weighted by atomic mass is 9.84. The molecule has 0 spiro atoms. The lowest BCUT2D eigenvalue weighted by molar-refractivity contribution is -0.152. The molecule has 126 valence electrons. The lowest BCUT2D eigenvalue weighted by Gasteiger charge is -2.39. The number of carboxylic acid groups (broad SMARTS) is 1. The van der Waals surface area contributed by atoms with Crippen molar-refractivity contribution >= 4 is 11.9 Å². The van der Waals surface area contributed by atoms with Gasteiger partial charge in [0.15, 0.2) is 0 Å². The maximum absolute atomic E-state index is 12.6. The van der Waals surface area contributed by atoms with Crippen molar-refractivity contribution in [2.24, 2.45) is 5.92 Å². The van der Waals surface area contributed by atoms with E-state index < -0.39 is 17.9 Å². The first-order chi connectivity index (χ1) is 11.5. The van der Waals surface area contributed by atoms with E-state index in [1.807, 2.05) is 37.3 Å². The average molecular weight is 328 g/mol. The number of aromatic nitrogens is 1. The summed E-state index contributed by atoms with van der Waals surface area (Å²) in [5.74, 6) is -0.878. The van der Waals surface area contributed by atoms with Gasteiger partial charge in [-0.1, -0.05) is 35.5 Å². The van der Waals surface area contributed by atoms with Gasteiger partial charge in [-0.25, -0.2) is 0 Å². The van der Waals surface area contributed by atoms with Gasteiger partial charge in [0.05, 0.1) is 24.2 Å². The van der Waals surface area contributed by atoms with Crippen molar-refractivity contribution in [3.63, 3.8) is 0 Å². The second kappa shape index (κ2) is 6.47. The normalized spacial score (nSPS) is 21.1. The van der Waals surface area contributed by atoms with Crippen LogP contribution in [0.3, 0.4) is 0 Å². The quantitative estimate of drug-likeness (QED) is 0.933. The van der Waals surface area contributed by atoms with Crippen molar-refractivity contribution in [1.29, 1.82) is 0 Å². The number of amides is 1. The molecule has 1 saturated heterocycles. The van der Waals surface area contributed by atoms with Gasteiger partial charge in [0.1, 0.15) is 5.76 Å². The van der Waals surface area contributed by atoms with Crippen molar-refractivity contribution in [3.8, 4) is 0 Å². The zero-order chi connectivity index (χ0) is 17.3. The molecule has 2 aromatic rings. The Morgan fingerprint density at radius 2 is 2.04 bits per heavy atom. The van der Waals surface area contributed by atoms with Gasteiger partial charge in [0.25, 0.3) is 0 Å². The van der Waals surface area contributed by atoms with Crippen LogP contribution in [0.25, 0.3) is 0 Å². The summed E-state index contributed by atoms with van der Waals surface area (Å²) in [7, 11) is 0. The van der Waals surface area contributed by atoms with Gasteiger partial charge < -0.3 is 14.5 Å². The van der Waals surface area contributed by atoms with Crippen LogP contribution in [0.4, 0.5) is 0 Å². The molecule has 3 rings (SSSR count). The fourth-order valence-electron chi connectivity index (χ4n) is 3.36. The zero-order valence-electron chi connectivity index (χ0n) is 13.7. The summed E-state index contributed by atoms with van der Waals surface area (Å²) in [6.45, 7) is 3.94. The Labute approximate surface area is 140 Å². The molecule has 1 amide bonds. The number of nitrogens with zero attached hydrogens (tertiary/aromatic N) is 2. The van der Waals surface area contributed by atoms with Gasteiger partial charge in [0.2, 0.25) is 5.91 Å². The number of likely N-dealkylation sites (tertiary alicyclic amines) is 1. The Hall–Kier alpha value is -2.63. The maximum atomic E-state index is 12.6. The van der Waals surface area contributed by atoms with E-state index in [2.05, 4.69) is 5.16 Å². The molecular formula is C18H20N2O4. The van der Waals surface area contributed by atoms with Gasteiger partial charge in [-0.05, 0) is 25.8 Å². The first kappa shape index (κ1) is 16.2. The maximum Gasteiger partial charge on any atom is 0.308 e. The molecule has 0 aliphatic carbocycles. The third-order valence-corrected chi connectivity index (χ3v) is 4.67. The van der Waals surface area contributed by atoms with E-state index >= 15 is 0 Å². The van der Waals surface area contributed by atoms with Crippen LogP contribution >= 0.6 is 0 Å². The van der Waals surface area contributed by atoms with Crippen molar-refractivity contribution in [1.82, 2.24) is 10.1 Å². The highest BCUT2D eigenvalue weighted by Crippen LogP contribution is 2.38. The van der Waals surface area contributed by atoms with Crippen LogP contribution in [-0.2, 0) is 16.1 Å². The summed E-state index contributed by atoms with van der Waals surface area (Å²) < 4.78 is 5.18. The Morgan fingerprint density at radius 3 is 2.62 bits per heavy atom. The van der Waals surface area contributed by atoms with Gasteiger partial charge in [-0.15, -0.1) is 0 Å². The van der Waals surface area contributed by atoms with Crippen molar-refractivity contribution < 1.29 is 19.2 Å². The average Bonchev–Trinajstić information content (AvgIpc) is 2.88. The smallest absolute Gasteiger partial charge is 0.308 e. The largest absolute Gasteiger partial charge is 0.481 e. The van der Waals surface area contributed by atoms with Gasteiger partial charge >= 0.3 is 5.97 Å². The highest BCUT2D eigenvalue weighted by Gasteiger charge is 2.41. The second-order valence-corrected chi connectivity index (χ2v) is 6.16. The molecule has 0 unspecified atom stereocenters.